The Bertz CT molecular complexity index is 601. The van der Waals surface area contributed by atoms with Crippen molar-refractivity contribution < 1.29 is 4.39 Å². The number of nitrogens with one attached hydrogen (secondary N) is 1. The molecule has 0 aromatic heterocycles. The van der Waals surface area contributed by atoms with Gasteiger partial charge in [-0.3, -0.25) is 0 Å². The van der Waals surface area contributed by atoms with Crippen LogP contribution in [0.1, 0.15) is 30.5 Å². The van der Waals surface area contributed by atoms with Crippen molar-refractivity contribution in [2.24, 2.45) is 0 Å². The molecule has 0 saturated heterocycles. The molecule has 0 heterocycles. The molecule has 1 nitrogen and oxygen atoms in total. The van der Waals surface area contributed by atoms with Crippen LogP contribution in [-0.4, -0.2) is 6.54 Å². The third kappa shape index (κ3) is 4.70. The largest absolute Gasteiger partial charge is 0.310 e. The zero-order valence-corrected chi connectivity index (χ0v) is 13.4. The second-order valence-electron chi connectivity index (χ2n) is 5.01. The van der Waals surface area contributed by atoms with Crippen molar-refractivity contribution in [3.05, 3.63) is 69.5 Å². The van der Waals surface area contributed by atoms with E-state index in [0.29, 0.717) is 16.5 Å². The van der Waals surface area contributed by atoms with Crippen LogP contribution in [0.5, 0.6) is 0 Å². The molecule has 0 aliphatic rings. The van der Waals surface area contributed by atoms with Crippen molar-refractivity contribution in [2.45, 2.75) is 25.8 Å². The van der Waals surface area contributed by atoms with Crippen LogP contribution in [0.25, 0.3) is 0 Å². The van der Waals surface area contributed by atoms with E-state index in [2.05, 4.69) is 12.2 Å². The molecule has 0 bridgehead atoms. The molecule has 0 radical (unpaired) electrons. The van der Waals surface area contributed by atoms with Gasteiger partial charge in [0.25, 0.3) is 0 Å². The Morgan fingerprint density at radius 3 is 2.62 bits per heavy atom. The van der Waals surface area contributed by atoms with Crippen LogP contribution >= 0.6 is 23.2 Å². The molecule has 0 spiro atoms. The summed E-state index contributed by atoms with van der Waals surface area (Å²) in [6.07, 6.45) is 1.70. The van der Waals surface area contributed by atoms with E-state index in [4.69, 9.17) is 23.2 Å². The molecule has 2 aromatic carbocycles. The molecule has 0 aliphatic heterocycles. The number of hydrogen-bond acceptors (Lipinski definition) is 1. The molecule has 0 aliphatic carbocycles. The van der Waals surface area contributed by atoms with Gasteiger partial charge in [-0.15, -0.1) is 0 Å². The zero-order valence-electron chi connectivity index (χ0n) is 11.9. The Morgan fingerprint density at radius 2 is 1.95 bits per heavy atom. The Labute approximate surface area is 135 Å². The predicted octanol–water partition coefficient (Wildman–Crippen LogP) is 5.42. The molecule has 112 valence electrons. The number of halogens is 3. The SMILES string of the molecule is CCCNC(Cc1cccc(F)c1)c1ccc(Cl)cc1Cl. The normalized spacial score (nSPS) is 12.4. The molecule has 2 aromatic rings. The molecule has 0 amide bonds. The fourth-order valence-corrected chi connectivity index (χ4v) is 2.83. The summed E-state index contributed by atoms with van der Waals surface area (Å²) in [7, 11) is 0. The summed E-state index contributed by atoms with van der Waals surface area (Å²) in [5.41, 5.74) is 1.92. The van der Waals surface area contributed by atoms with Gasteiger partial charge in [-0.2, -0.15) is 0 Å². The monoisotopic (exact) mass is 325 g/mol. The number of rotatable bonds is 6. The highest BCUT2D eigenvalue weighted by molar-refractivity contribution is 6.35. The van der Waals surface area contributed by atoms with Crippen molar-refractivity contribution in [2.75, 3.05) is 6.54 Å². The molecule has 1 N–H and O–H groups in total. The summed E-state index contributed by atoms with van der Waals surface area (Å²) in [6.45, 7) is 2.98. The van der Waals surface area contributed by atoms with E-state index < -0.39 is 0 Å². The average molecular weight is 326 g/mol. The quantitative estimate of drug-likeness (QED) is 0.748. The van der Waals surface area contributed by atoms with Gasteiger partial charge in [0.05, 0.1) is 0 Å². The van der Waals surface area contributed by atoms with E-state index in [1.807, 2.05) is 18.2 Å². The van der Waals surface area contributed by atoms with Gasteiger partial charge in [0.2, 0.25) is 0 Å². The average Bonchev–Trinajstić information content (AvgIpc) is 2.44. The van der Waals surface area contributed by atoms with E-state index in [-0.39, 0.29) is 11.9 Å². The van der Waals surface area contributed by atoms with Gasteiger partial charge in [0.1, 0.15) is 5.82 Å². The molecule has 4 heteroatoms. The van der Waals surface area contributed by atoms with Crippen LogP contribution in [0.2, 0.25) is 10.0 Å². The lowest BCUT2D eigenvalue weighted by atomic mass is 9.98. The second-order valence-corrected chi connectivity index (χ2v) is 5.85. The first-order valence-corrected chi connectivity index (χ1v) is 7.78. The summed E-state index contributed by atoms with van der Waals surface area (Å²) in [6, 6.07) is 12.2. The van der Waals surface area contributed by atoms with Crippen LogP contribution in [0.15, 0.2) is 42.5 Å². The minimum absolute atomic E-state index is 0.0384. The highest BCUT2D eigenvalue weighted by Gasteiger charge is 2.15. The van der Waals surface area contributed by atoms with Crippen LogP contribution in [0.4, 0.5) is 4.39 Å². The topological polar surface area (TPSA) is 12.0 Å². The third-order valence-electron chi connectivity index (χ3n) is 3.31. The first-order valence-electron chi connectivity index (χ1n) is 7.03. The van der Waals surface area contributed by atoms with Gasteiger partial charge in [-0.1, -0.05) is 48.3 Å². The summed E-state index contributed by atoms with van der Waals surface area (Å²) in [5, 5.41) is 4.71. The van der Waals surface area contributed by atoms with Crippen LogP contribution in [0.3, 0.4) is 0 Å². The molecular formula is C17H18Cl2FN. The molecule has 2 rings (SSSR count). The van der Waals surface area contributed by atoms with E-state index in [9.17, 15) is 4.39 Å². The first kappa shape index (κ1) is 16.3. The molecular weight excluding hydrogens is 308 g/mol. The van der Waals surface area contributed by atoms with Crippen LogP contribution < -0.4 is 5.32 Å². The van der Waals surface area contributed by atoms with Gasteiger partial charge in [0.15, 0.2) is 0 Å². The second kappa shape index (κ2) is 7.79. The fraction of sp³-hybridized carbons (Fsp3) is 0.294. The molecule has 0 saturated carbocycles. The number of benzene rings is 2. The summed E-state index contributed by atoms with van der Waals surface area (Å²) >= 11 is 12.3. The number of hydrogen-bond donors (Lipinski definition) is 1. The highest BCUT2D eigenvalue weighted by Crippen LogP contribution is 2.28. The van der Waals surface area contributed by atoms with Crippen LogP contribution in [-0.2, 0) is 6.42 Å². The minimum atomic E-state index is -0.219. The predicted molar refractivity (Wildman–Crippen MR) is 87.6 cm³/mol. The van der Waals surface area contributed by atoms with Gasteiger partial charge in [-0.05, 0) is 54.8 Å². The standard InChI is InChI=1S/C17H18Cl2FN/c1-2-8-21-17(10-12-4-3-5-14(20)9-12)15-7-6-13(18)11-16(15)19/h3-7,9,11,17,21H,2,8,10H2,1H3. The Kier molecular flexibility index (Phi) is 6.04. The Morgan fingerprint density at radius 1 is 1.14 bits per heavy atom. The van der Waals surface area contributed by atoms with Gasteiger partial charge >= 0.3 is 0 Å². The van der Waals surface area contributed by atoms with E-state index in [0.717, 1.165) is 24.1 Å². The minimum Gasteiger partial charge on any atom is -0.310 e. The fourth-order valence-electron chi connectivity index (χ4n) is 2.29. The zero-order chi connectivity index (χ0) is 15.2. The van der Waals surface area contributed by atoms with Gasteiger partial charge in [-0.25, -0.2) is 4.39 Å². The van der Waals surface area contributed by atoms with Crippen molar-refractivity contribution in [3.8, 4) is 0 Å². The molecule has 1 atom stereocenters. The smallest absolute Gasteiger partial charge is 0.123 e. The van der Waals surface area contributed by atoms with Gasteiger partial charge in [0, 0.05) is 16.1 Å². The van der Waals surface area contributed by atoms with Crippen molar-refractivity contribution in [3.63, 3.8) is 0 Å². The summed E-state index contributed by atoms with van der Waals surface area (Å²) in [4.78, 5) is 0. The van der Waals surface area contributed by atoms with E-state index in [1.54, 1.807) is 18.2 Å². The molecule has 21 heavy (non-hydrogen) atoms. The maximum atomic E-state index is 13.3. The van der Waals surface area contributed by atoms with Crippen molar-refractivity contribution in [1.82, 2.24) is 5.32 Å². The first-order chi connectivity index (χ1) is 10.1. The lowest BCUT2D eigenvalue weighted by molar-refractivity contribution is 0.527. The van der Waals surface area contributed by atoms with Gasteiger partial charge < -0.3 is 5.32 Å². The maximum absolute atomic E-state index is 13.3. The third-order valence-corrected chi connectivity index (χ3v) is 3.87. The Hall–Kier alpha value is -1.09. The van der Waals surface area contributed by atoms with Crippen molar-refractivity contribution in [1.29, 1.82) is 0 Å². The Balaban J connectivity index is 2.25. The van der Waals surface area contributed by atoms with Crippen LogP contribution in [0, 0.1) is 5.82 Å². The molecule has 0 fully saturated rings. The summed E-state index contributed by atoms with van der Waals surface area (Å²) in [5.74, 6) is -0.219. The molecule has 1 unspecified atom stereocenters. The highest BCUT2D eigenvalue weighted by atomic mass is 35.5. The van der Waals surface area contributed by atoms with E-state index in [1.165, 1.54) is 6.07 Å². The van der Waals surface area contributed by atoms with E-state index >= 15 is 0 Å². The summed E-state index contributed by atoms with van der Waals surface area (Å²) < 4.78 is 13.3. The maximum Gasteiger partial charge on any atom is 0.123 e. The lowest BCUT2D eigenvalue weighted by Gasteiger charge is -2.20. The lowest BCUT2D eigenvalue weighted by Crippen LogP contribution is -2.24. The van der Waals surface area contributed by atoms with Crippen molar-refractivity contribution >= 4 is 23.2 Å².